The Bertz CT molecular complexity index is 1270. The summed E-state index contributed by atoms with van der Waals surface area (Å²) in [6.07, 6.45) is 1.51. The van der Waals surface area contributed by atoms with Crippen molar-refractivity contribution in [2.24, 2.45) is 5.10 Å². The van der Waals surface area contributed by atoms with Crippen molar-refractivity contribution in [3.05, 3.63) is 106 Å². The fourth-order valence-electron chi connectivity index (χ4n) is 2.96. The fraction of sp³-hybridized carbons (Fsp3) is 0.0435. The Morgan fingerprint density at radius 2 is 1.67 bits per heavy atom. The summed E-state index contributed by atoms with van der Waals surface area (Å²) < 4.78 is 5.88. The van der Waals surface area contributed by atoms with Crippen LogP contribution in [-0.4, -0.2) is 22.3 Å². The van der Waals surface area contributed by atoms with E-state index >= 15 is 0 Å². The Labute approximate surface area is 172 Å². The number of hydrogen-bond donors (Lipinski definition) is 2. The first kappa shape index (κ1) is 19.1. The van der Waals surface area contributed by atoms with E-state index in [1.807, 2.05) is 54.6 Å². The third-order valence-electron chi connectivity index (χ3n) is 4.44. The van der Waals surface area contributed by atoms with Crippen LogP contribution in [0.15, 0.2) is 88.8 Å². The van der Waals surface area contributed by atoms with Gasteiger partial charge in [0.15, 0.2) is 5.69 Å². The van der Waals surface area contributed by atoms with Gasteiger partial charge >= 0.3 is 0 Å². The van der Waals surface area contributed by atoms with Crippen LogP contribution in [0, 0.1) is 0 Å². The number of H-pyrrole nitrogens is 1. The molecule has 4 aromatic rings. The van der Waals surface area contributed by atoms with Crippen LogP contribution in [0.1, 0.15) is 21.6 Å². The smallest absolute Gasteiger partial charge is 0.292 e. The van der Waals surface area contributed by atoms with Crippen molar-refractivity contribution in [2.45, 2.75) is 6.61 Å². The van der Waals surface area contributed by atoms with Crippen molar-refractivity contribution < 1.29 is 9.53 Å². The monoisotopic (exact) mass is 398 g/mol. The number of benzene rings is 3. The summed E-state index contributed by atoms with van der Waals surface area (Å²) in [7, 11) is 0. The largest absolute Gasteiger partial charge is 0.488 e. The number of hydrogen-bond acceptors (Lipinski definition) is 5. The lowest BCUT2D eigenvalue weighted by atomic mass is 10.1. The lowest BCUT2D eigenvalue weighted by Gasteiger charge is -2.09. The molecule has 1 heterocycles. The van der Waals surface area contributed by atoms with Crippen LogP contribution in [0.5, 0.6) is 5.75 Å². The molecule has 30 heavy (non-hydrogen) atoms. The Kier molecular flexibility index (Phi) is 5.61. The standard InChI is InChI=1S/C23H18N4O3/c28-22-19-12-6-5-11-18(19)21(25-27-22)23(29)26-24-14-17-10-4-7-13-20(17)30-15-16-8-2-1-3-9-16/h1-14H,15H2,(H,26,29)(H,27,28)/b24-14-. The summed E-state index contributed by atoms with van der Waals surface area (Å²) in [6, 6.07) is 24.0. The molecule has 1 aromatic heterocycles. The summed E-state index contributed by atoms with van der Waals surface area (Å²) in [5.41, 5.74) is 3.96. The van der Waals surface area contributed by atoms with Gasteiger partial charge in [-0.3, -0.25) is 9.59 Å². The number of aromatic amines is 1. The van der Waals surface area contributed by atoms with E-state index in [0.717, 1.165) is 5.56 Å². The summed E-state index contributed by atoms with van der Waals surface area (Å²) in [6.45, 7) is 0.422. The Balaban J connectivity index is 1.48. The van der Waals surface area contributed by atoms with Gasteiger partial charge in [-0.2, -0.15) is 10.2 Å². The van der Waals surface area contributed by atoms with Crippen molar-refractivity contribution in [3.8, 4) is 5.75 Å². The molecular formula is C23H18N4O3. The van der Waals surface area contributed by atoms with Crippen molar-refractivity contribution >= 4 is 22.9 Å². The first-order valence-corrected chi connectivity index (χ1v) is 9.29. The van der Waals surface area contributed by atoms with Gasteiger partial charge in [-0.25, -0.2) is 10.5 Å². The highest BCUT2D eigenvalue weighted by Gasteiger charge is 2.13. The molecule has 0 saturated heterocycles. The van der Waals surface area contributed by atoms with E-state index in [0.29, 0.717) is 28.7 Å². The Morgan fingerprint density at radius 1 is 0.967 bits per heavy atom. The molecule has 0 aliphatic carbocycles. The zero-order chi connectivity index (χ0) is 20.8. The molecule has 0 aliphatic heterocycles. The number of para-hydroxylation sites is 1. The highest BCUT2D eigenvalue weighted by atomic mass is 16.5. The second-order valence-electron chi connectivity index (χ2n) is 6.46. The van der Waals surface area contributed by atoms with Gasteiger partial charge in [0.05, 0.1) is 11.6 Å². The van der Waals surface area contributed by atoms with E-state index < -0.39 is 5.91 Å². The molecule has 148 valence electrons. The third kappa shape index (κ3) is 4.25. The molecule has 0 saturated carbocycles. The van der Waals surface area contributed by atoms with Gasteiger partial charge in [-0.15, -0.1) is 0 Å². The zero-order valence-corrected chi connectivity index (χ0v) is 15.9. The maximum atomic E-state index is 12.5. The highest BCUT2D eigenvalue weighted by molar-refractivity contribution is 6.04. The molecular weight excluding hydrogens is 380 g/mol. The maximum Gasteiger partial charge on any atom is 0.292 e. The summed E-state index contributed by atoms with van der Waals surface area (Å²) in [5, 5.41) is 11.1. The number of aromatic nitrogens is 2. The van der Waals surface area contributed by atoms with Gasteiger partial charge in [-0.1, -0.05) is 60.7 Å². The number of fused-ring (bicyclic) bond motifs is 1. The van der Waals surface area contributed by atoms with Gasteiger partial charge in [0, 0.05) is 10.9 Å². The number of rotatable bonds is 6. The molecule has 0 bridgehead atoms. The molecule has 7 nitrogen and oxygen atoms in total. The number of nitrogens with zero attached hydrogens (tertiary/aromatic N) is 2. The van der Waals surface area contributed by atoms with Gasteiger partial charge in [0.25, 0.3) is 11.5 Å². The van der Waals surface area contributed by atoms with Crippen LogP contribution < -0.4 is 15.7 Å². The summed E-state index contributed by atoms with van der Waals surface area (Å²) in [5.74, 6) is 0.119. The van der Waals surface area contributed by atoms with Crippen molar-refractivity contribution in [2.75, 3.05) is 0 Å². The SMILES string of the molecule is O=C(N/N=C\c1ccccc1OCc1ccccc1)c1n[nH]c(=O)c2ccccc12. The number of ether oxygens (including phenoxy) is 1. The van der Waals surface area contributed by atoms with Gasteiger partial charge in [0.2, 0.25) is 0 Å². The highest BCUT2D eigenvalue weighted by Crippen LogP contribution is 2.18. The molecule has 0 spiro atoms. The van der Waals surface area contributed by atoms with Crippen molar-refractivity contribution in [3.63, 3.8) is 0 Å². The number of carbonyl (C=O) groups excluding carboxylic acids is 1. The van der Waals surface area contributed by atoms with Gasteiger partial charge in [0.1, 0.15) is 12.4 Å². The quantitative estimate of drug-likeness (QED) is 0.385. The Morgan fingerprint density at radius 3 is 2.50 bits per heavy atom. The van der Waals surface area contributed by atoms with Crippen LogP contribution in [0.25, 0.3) is 10.8 Å². The van der Waals surface area contributed by atoms with Crippen molar-refractivity contribution in [1.29, 1.82) is 0 Å². The molecule has 0 aliphatic rings. The minimum Gasteiger partial charge on any atom is -0.488 e. The van der Waals surface area contributed by atoms with Crippen LogP contribution in [-0.2, 0) is 6.61 Å². The average Bonchev–Trinajstić information content (AvgIpc) is 2.79. The second-order valence-corrected chi connectivity index (χ2v) is 6.46. The van der Waals surface area contributed by atoms with E-state index in [2.05, 4.69) is 20.7 Å². The first-order chi connectivity index (χ1) is 14.7. The number of carbonyl (C=O) groups is 1. The topological polar surface area (TPSA) is 96.4 Å². The van der Waals surface area contributed by atoms with Gasteiger partial charge < -0.3 is 4.74 Å². The number of nitrogens with one attached hydrogen (secondary N) is 2. The zero-order valence-electron chi connectivity index (χ0n) is 15.9. The maximum absolute atomic E-state index is 12.5. The van der Waals surface area contributed by atoms with E-state index in [-0.39, 0.29) is 11.3 Å². The molecule has 2 N–H and O–H groups in total. The summed E-state index contributed by atoms with van der Waals surface area (Å²) in [4.78, 5) is 24.4. The predicted molar refractivity (Wildman–Crippen MR) is 115 cm³/mol. The molecule has 0 atom stereocenters. The van der Waals surface area contributed by atoms with E-state index in [1.165, 1.54) is 6.21 Å². The Hall–Kier alpha value is -4.26. The van der Waals surface area contributed by atoms with Crippen molar-refractivity contribution in [1.82, 2.24) is 15.6 Å². The third-order valence-corrected chi connectivity index (χ3v) is 4.44. The lowest BCUT2D eigenvalue weighted by molar-refractivity contribution is 0.0951. The molecule has 3 aromatic carbocycles. The summed E-state index contributed by atoms with van der Waals surface area (Å²) >= 11 is 0. The molecule has 1 amide bonds. The predicted octanol–water partition coefficient (Wildman–Crippen LogP) is 3.27. The fourth-order valence-corrected chi connectivity index (χ4v) is 2.96. The minimum absolute atomic E-state index is 0.0935. The normalized spacial score (nSPS) is 10.9. The molecule has 0 unspecified atom stereocenters. The number of amides is 1. The minimum atomic E-state index is -0.526. The second kappa shape index (κ2) is 8.83. The molecule has 7 heteroatoms. The lowest BCUT2D eigenvalue weighted by Crippen LogP contribution is -2.22. The van der Waals surface area contributed by atoms with Crippen LogP contribution in [0.3, 0.4) is 0 Å². The first-order valence-electron chi connectivity index (χ1n) is 9.29. The molecule has 4 rings (SSSR count). The number of hydrazone groups is 1. The molecule has 0 radical (unpaired) electrons. The molecule has 0 fully saturated rings. The van der Waals surface area contributed by atoms with Crippen LogP contribution >= 0.6 is 0 Å². The van der Waals surface area contributed by atoms with Crippen LogP contribution in [0.2, 0.25) is 0 Å². The van der Waals surface area contributed by atoms with E-state index in [9.17, 15) is 9.59 Å². The van der Waals surface area contributed by atoms with E-state index in [4.69, 9.17) is 4.74 Å². The van der Waals surface area contributed by atoms with Crippen LogP contribution in [0.4, 0.5) is 0 Å². The van der Waals surface area contributed by atoms with Gasteiger partial charge in [-0.05, 0) is 23.8 Å². The van der Waals surface area contributed by atoms with E-state index in [1.54, 1.807) is 24.3 Å². The average molecular weight is 398 g/mol.